The highest BCUT2D eigenvalue weighted by Gasteiger charge is 2.18. The Morgan fingerprint density at radius 2 is 1.97 bits per heavy atom. The van der Waals surface area contributed by atoms with Gasteiger partial charge in [0.05, 0.1) is 10.2 Å². The zero-order chi connectivity index (χ0) is 21.1. The van der Waals surface area contributed by atoms with E-state index in [1.165, 1.54) is 11.3 Å². The summed E-state index contributed by atoms with van der Waals surface area (Å²) in [4.78, 5) is 21.6. The Kier molecular flexibility index (Phi) is 7.78. The molecule has 2 heterocycles. The number of ether oxygens (including phenoxy) is 2. The molecule has 0 N–H and O–H groups in total. The van der Waals surface area contributed by atoms with E-state index in [0.717, 1.165) is 34.5 Å². The van der Waals surface area contributed by atoms with Crippen molar-refractivity contribution in [1.29, 1.82) is 0 Å². The average molecular weight is 480 g/mol. The third kappa shape index (κ3) is 5.68. The first-order chi connectivity index (χ1) is 14.5. The minimum absolute atomic E-state index is 0. The minimum Gasteiger partial charge on any atom is -0.454 e. The van der Waals surface area contributed by atoms with Crippen molar-refractivity contribution in [1.82, 2.24) is 9.88 Å². The van der Waals surface area contributed by atoms with Gasteiger partial charge in [-0.25, -0.2) is 4.98 Å². The number of hydrogen-bond acceptors (Lipinski definition) is 6. The number of rotatable bonds is 7. The van der Waals surface area contributed by atoms with Crippen LogP contribution in [0.5, 0.6) is 11.5 Å². The number of carbonyl (C=O) groups is 1. The lowest BCUT2D eigenvalue weighted by atomic mass is 10.2. The number of aromatic nitrogens is 1. The molecule has 0 atom stereocenters. The summed E-state index contributed by atoms with van der Waals surface area (Å²) < 4.78 is 11.7. The van der Waals surface area contributed by atoms with E-state index >= 15 is 0 Å². The van der Waals surface area contributed by atoms with Crippen LogP contribution in [0.4, 0.5) is 5.13 Å². The van der Waals surface area contributed by atoms with Crippen molar-refractivity contribution in [3.8, 4) is 11.5 Å². The van der Waals surface area contributed by atoms with E-state index in [0.29, 0.717) is 22.4 Å². The number of anilines is 1. The van der Waals surface area contributed by atoms with Gasteiger partial charge in [0.1, 0.15) is 0 Å². The first kappa shape index (κ1) is 23.3. The molecule has 4 rings (SSSR count). The van der Waals surface area contributed by atoms with Crippen LogP contribution in [0.3, 0.4) is 0 Å². The highest BCUT2D eigenvalue weighted by atomic mass is 35.5. The number of thiazole rings is 1. The van der Waals surface area contributed by atoms with E-state index < -0.39 is 0 Å². The van der Waals surface area contributed by atoms with Gasteiger partial charge in [-0.15, -0.1) is 12.4 Å². The molecule has 31 heavy (non-hydrogen) atoms. The summed E-state index contributed by atoms with van der Waals surface area (Å²) in [6, 6.07) is 11.2. The Morgan fingerprint density at radius 1 is 1.16 bits per heavy atom. The van der Waals surface area contributed by atoms with Crippen LogP contribution in [0.1, 0.15) is 12.0 Å². The number of amides is 1. The summed E-state index contributed by atoms with van der Waals surface area (Å²) in [5, 5.41) is 1.33. The number of nitrogens with zero attached hydrogens (tertiary/aromatic N) is 3. The van der Waals surface area contributed by atoms with Crippen LogP contribution in [0.15, 0.2) is 42.5 Å². The monoisotopic (exact) mass is 479 g/mol. The number of benzene rings is 2. The fraction of sp³-hybridized carbons (Fsp3) is 0.273. The molecule has 0 unspecified atom stereocenters. The van der Waals surface area contributed by atoms with Gasteiger partial charge in [0, 0.05) is 17.6 Å². The lowest BCUT2D eigenvalue weighted by Gasteiger charge is -2.19. The van der Waals surface area contributed by atoms with Gasteiger partial charge in [-0.3, -0.25) is 9.69 Å². The second kappa shape index (κ2) is 10.3. The van der Waals surface area contributed by atoms with Crippen LogP contribution < -0.4 is 14.4 Å². The average Bonchev–Trinajstić information content (AvgIpc) is 3.34. The minimum atomic E-state index is -0.114. The largest absolute Gasteiger partial charge is 0.454 e. The lowest BCUT2D eigenvalue weighted by molar-refractivity contribution is -0.114. The molecule has 0 fully saturated rings. The summed E-state index contributed by atoms with van der Waals surface area (Å²) in [5.41, 5.74) is 1.71. The zero-order valence-corrected chi connectivity index (χ0v) is 19.6. The molecule has 164 valence electrons. The van der Waals surface area contributed by atoms with Gasteiger partial charge in [0.2, 0.25) is 6.79 Å². The fourth-order valence-corrected chi connectivity index (χ4v) is 4.39. The maximum absolute atomic E-state index is 13.1. The van der Waals surface area contributed by atoms with E-state index in [1.807, 2.05) is 50.5 Å². The molecule has 3 aromatic rings. The van der Waals surface area contributed by atoms with E-state index in [4.69, 9.17) is 21.1 Å². The number of halogens is 2. The molecule has 1 amide bonds. The van der Waals surface area contributed by atoms with E-state index in [-0.39, 0.29) is 25.1 Å². The van der Waals surface area contributed by atoms with Crippen LogP contribution in [0.25, 0.3) is 16.3 Å². The molecule has 0 saturated heterocycles. The summed E-state index contributed by atoms with van der Waals surface area (Å²) in [7, 11) is 4.04. The highest BCUT2D eigenvalue weighted by molar-refractivity contribution is 7.22. The molecule has 0 radical (unpaired) electrons. The molecule has 1 aliphatic heterocycles. The first-order valence-electron chi connectivity index (χ1n) is 9.60. The molecular formula is C22H23Cl2N3O3S. The van der Waals surface area contributed by atoms with E-state index in [1.54, 1.807) is 17.1 Å². The van der Waals surface area contributed by atoms with E-state index in [9.17, 15) is 4.79 Å². The van der Waals surface area contributed by atoms with Gasteiger partial charge in [-0.1, -0.05) is 29.0 Å². The molecule has 0 aliphatic carbocycles. The van der Waals surface area contributed by atoms with Crippen LogP contribution in [-0.2, 0) is 4.79 Å². The number of hydrogen-bond donors (Lipinski definition) is 0. The quantitative estimate of drug-likeness (QED) is 0.441. The van der Waals surface area contributed by atoms with Gasteiger partial charge in [-0.2, -0.15) is 0 Å². The first-order valence-corrected chi connectivity index (χ1v) is 10.8. The SMILES string of the molecule is CN(C)CCCN(C(=O)C=Cc1ccc2c(c1)OCO2)c1nc2ccc(Cl)cc2s1.Cl. The van der Waals surface area contributed by atoms with Crippen LogP contribution in [0, 0.1) is 0 Å². The van der Waals surface area contributed by atoms with Crippen LogP contribution in [0.2, 0.25) is 5.02 Å². The van der Waals surface area contributed by atoms with Crippen molar-refractivity contribution >= 4 is 62.7 Å². The second-order valence-electron chi connectivity index (χ2n) is 7.20. The molecule has 1 aliphatic rings. The third-order valence-corrected chi connectivity index (χ3v) is 5.91. The number of fused-ring (bicyclic) bond motifs is 2. The van der Waals surface area contributed by atoms with Gasteiger partial charge < -0.3 is 14.4 Å². The van der Waals surface area contributed by atoms with Crippen molar-refractivity contribution in [2.24, 2.45) is 0 Å². The van der Waals surface area contributed by atoms with Crippen LogP contribution in [-0.4, -0.2) is 49.8 Å². The lowest BCUT2D eigenvalue weighted by Crippen LogP contribution is -2.32. The smallest absolute Gasteiger partial charge is 0.252 e. The number of carbonyl (C=O) groups excluding carboxylic acids is 1. The summed E-state index contributed by atoms with van der Waals surface area (Å²) in [6.45, 7) is 1.69. The topological polar surface area (TPSA) is 54.9 Å². The Balaban J connectivity index is 0.00000272. The highest BCUT2D eigenvalue weighted by Crippen LogP contribution is 2.33. The van der Waals surface area contributed by atoms with E-state index in [2.05, 4.69) is 9.88 Å². The second-order valence-corrected chi connectivity index (χ2v) is 8.65. The summed E-state index contributed by atoms with van der Waals surface area (Å²) >= 11 is 7.58. The standard InChI is InChI=1S/C22H22ClN3O3S.ClH/c1-25(2)10-3-11-26(22-24-17-7-6-16(23)13-20(17)30-22)21(27)9-5-15-4-8-18-19(12-15)29-14-28-18;/h4-9,12-13H,3,10-11,14H2,1-2H3;1H. The molecular weight excluding hydrogens is 457 g/mol. The van der Waals surface area contributed by atoms with Gasteiger partial charge in [-0.05, 0) is 69.0 Å². The summed E-state index contributed by atoms with van der Waals surface area (Å²) in [6.07, 6.45) is 4.20. The third-order valence-electron chi connectivity index (χ3n) is 4.64. The van der Waals surface area contributed by atoms with Crippen LogP contribution >= 0.6 is 35.3 Å². The van der Waals surface area contributed by atoms with Crippen molar-refractivity contribution < 1.29 is 14.3 Å². The Bertz CT molecular complexity index is 1100. The molecule has 2 aromatic carbocycles. The molecule has 6 nitrogen and oxygen atoms in total. The van der Waals surface area contributed by atoms with Crippen molar-refractivity contribution in [3.63, 3.8) is 0 Å². The van der Waals surface area contributed by atoms with Crippen molar-refractivity contribution in [3.05, 3.63) is 53.1 Å². The van der Waals surface area contributed by atoms with Crippen molar-refractivity contribution in [2.75, 3.05) is 38.9 Å². The predicted octanol–water partition coefficient (Wildman–Crippen LogP) is 5.10. The molecule has 0 bridgehead atoms. The Morgan fingerprint density at radius 3 is 2.77 bits per heavy atom. The predicted molar refractivity (Wildman–Crippen MR) is 129 cm³/mol. The normalized spacial score (nSPS) is 12.5. The molecule has 9 heteroatoms. The Hall–Kier alpha value is -2.32. The fourth-order valence-electron chi connectivity index (χ4n) is 3.12. The maximum atomic E-state index is 13.1. The zero-order valence-electron chi connectivity index (χ0n) is 17.2. The van der Waals surface area contributed by atoms with Gasteiger partial charge in [0.15, 0.2) is 16.6 Å². The Labute approximate surface area is 196 Å². The summed E-state index contributed by atoms with van der Waals surface area (Å²) in [5.74, 6) is 1.30. The molecule has 1 aromatic heterocycles. The molecule has 0 spiro atoms. The van der Waals surface area contributed by atoms with Gasteiger partial charge >= 0.3 is 0 Å². The maximum Gasteiger partial charge on any atom is 0.252 e. The van der Waals surface area contributed by atoms with Crippen molar-refractivity contribution in [2.45, 2.75) is 6.42 Å². The molecule has 0 saturated carbocycles. The van der Waals surface area contributed by atoms with Gasteiger partial charge in [0.25, 0.3) is 5.91 Å².